The minimum atomic E-state index is -0.106. The van der Waals surface area contributed by atoms with E-state index >= 15 is 0 Å². The third-order valence-corrected chi connectivity index (χ3v) is 6.44. The van der Waals surface area contributed by atoms with Gasteiger partial charge in [-0.2, -0.15) is 0 Å². The van der Waals surface area contributed by atoms with Crippen molar-refractivity contribution in [3.8, 4) is 0 Å². The first kappa shape index (κ1) is 19.5. The lowest BCUT2D eigenvalue weighted by Crippen LogP contribution is -2.42. The molecule has 0 spiro atoms. The van der Waals surface area contributed by atoms with Crippen molar-refractivity contribution in [1.29, 1.82) is 0 Å². The fourth-order valence-electron chi connectivity index (χ4n) is 3.70. The Morgan fingerprint density at radius 2 is 1.90 bits per heavy atom. The molecule has 2 heterocycles. The molecule has 0 atom stereocenters. The van der Waals surface area contributed by atoms with E-state index in [-0.39, 0.29) is 11.4 Å². The Morgan fingerprint density at radius 1 is 1.14 bits per heavy atom. The monoisotopic (exact) mass is 403 g/mol. The van der Waals surface area contributed by atoms with Gasteiger partial charge < -0.3 is 10.2 Å². The quantitative estimate of drug-likeness (QED) is 0.672. The summed E-state index contributed by atoms with van der Waals surface area (Å²) in [6.07, 6.45) is 4.23. The first-order chi connectivity index (χ1) is 13.7. The van der Waals surface area contributed by atoms with Crippen LogP contribution in [0.15, 0.2) is 58.4 Å². The molecule has 0 aromatic heterocycles. The predicted octanol–water partition coefficient (Wildman–Crippen LogP) is 5.52. The van der Waals surface area contributed by atoms with Crippen molar-refractivity contribution in [3.63, 3.8) is 0 Å². The van der Waals surface area contributed by atoms with Crippen molar-refractivity contribution in [2.75, 3.05) is 11.9 Å². The minimum Gasteiger partial charge on any atom is -0.366 e. The van der Waals surface area contributed by atoms with Crippen LogP contribution in [0, 0.1) is 6.92 Å². The molecule has 0 radical (unpaired) electrons. The van der Waals surface area contributed by atoms with E-state index in [4.69, 9.17) is 0 Å². The van der Waals surface area contributed by atoms with Crippen LogP contribution >= 0.6 is 11.8 Å². The van der Waals surface area contributed by atoms with Gasteiger partial charge in [0.05, 0.1) is 16.1 Å². The molecule has 2 aromatic rings. The Kier molecular flexibility index (Phi) is 4.87. The van der Waals surface area contributed by atoms with Crippen molar-refractivity contribution in [2.45, 2.75) is 33.2 Å². The van der Waals surface area contributed by atoms with Gasteiger partial charge in [-0.15, -0.1) is 0 Å². The van der Waals surface area contributed by atoms with Crippen molar-refractivity contribution in [2.24, 2.45) is 4.99 Å². The molecule has 0 bridgehead atoms. The predicted molar refractivity (Wildman–Crippen MR) is 125 cm³/mol. The van der Waals surface area contributed by atoms with Crippen LogP contribution in [0.1, 0.15) is 37.5 Å². The molecule has 4 nitrogen and oxygen atoms in total. The molecule has 0 unspecified atom stereocenters. The van der Waals surface area contributed by atoms with Gasteiger partial charge in [0.25, 0.3) is 5.91 Å². The van der Waals surface area contributed by atoms with Gasteiger partial charge in [-0.25, -0.2) is 4.99 Å². The van der Waals surface area contributed by atoms with Gasteiger partial charge in [0, 0.05) is 18.3 Å². The Bertz CT molecular complexity index is 1100. The zero-order chi connectivity index (χ0) is 20.8. The minimum absolute atomic E-state index is 0.0147. The summed E-state index contributed by atoms with van der Waals surface area (Å²) < 4.78 is 0. The van der Waals surface area contributed by atoms with Crippen LogP contribution < -0.4 is 10.2 Å². The van der Waals surface area contributed by atoms with E-state index in [9.17, 15) is 4.79 Å². The van der Waals surface area contributed by atoms with E-state index in [0.29, 0.717) is 10.1 Å². The Labute approximate surface area is 176 Å². The van der Waals surface area contributed by atoms with E-state index in [1.807, 2.05) is 37.3 Å². The van der Waals surface area contributed by atoms with E-state index in [0.717, 1.165) is 16.8 Å². The zero-order valence-corrected chi connectivity index (χ0v) is 18.2. The molecule has 148 valence electrons. The molecule has 2 aliphatic heterocycles. The number of amidine groups is 1. The Balaban J connectivity index is 1.63. The van der Waals surface area contributed by atoms with Crippen LogP contribution in [0.5, 0.6) is 0 Å². The van der Waals surface area contributed by atoms with Crippen LogP contribution in [-0.4, -0.2) is 23.7 Å². The van der Waals surface area contributed by atoms with Crippen LogP contribution in [0.25, 0.3) is 11.6 Å². The number of carbonyl (C=O) groups is 1. The second-order valence-corrected chi connectivity index (χ2v) is 9.12. The second-order valence-electron chi connectivity index (χ2n) is 8.08. The first-order valence-electron chi connectivity index (χ1n) is 9.67. The maximum Gasteiger partial charge on any atom is 0.264 e. The number of likely N-dealkylation sites (N-methyl/N-ethyl adjacent to an activating group) is 1. The van der Waals surface area contributed by atoms with Gasteiger partial charge in [-0.3, -0.25) is 4.79 Å². The van der Waals surface area contributed by atoms with Crippen molar-refractivity contribution >= 4 is 45.9 Å². The van der Waals surface area contributed by atoms with Crippen LogP contribution in [0.2, 0.25) is 0 Å². The molecular weight excluding hydrogens is 378 g/mol. The maximum atomic E-state index is 12.5. The maximum absolute atomic E-state index is 12.5. The third-order valence-electron chi connectivity index (χ3n) is 5.53. The van der Waals surface area contributed by atoms with Gasteiger partial charge >= 0.3 is 0 Å². The summed E-state index contributed by atoms with van der Waals surface area (Å²) >= 11 is 1.38. The molecule has 1 N–H and O–H groups in total. The number of thioether (sulfide) groups is 1. The highest BCUT2D eigenvalue weighted by molar-refractivity contribution is 8.18. The topological polar surface area (TPSA) is 44.7 Å². The van der Waals surface area contributed by atoms with Gasteiger partial charge in [-0.1, -0.05) is 30.3 Å². The molecule has 2 aromatic carbocycles. The molecule has 4 rings (SSSR count). The Hall–Kier alpha value is -2.79. The summed E-state index contributed by atoms with van der Waals surface area (Å²) in [4.78, 5) is 20.0. The fraction of sp³-hybridized carbons (Fsp3) is 0.250. The van der Waals surface area contributed by atoms with E-state index in [1.54, 1.807) is 0 Å². The van der Waals surface area contributed by atoms with Crippen LogP contribution in [0.4, 0.5) is 11.4 Å². The number of nitrogens with zero attached hydrogens (tertiary/aromatic N) is 2. The molecule has 1 fully saturated rings. The summed E-state index contributed by atoms with van der Waals surface area (Å²) in [7, 11) is 2.12. The number of rotatable bonds is 2. The highest BCUT2D eigenvalue weighted by atomic mass is 32.2. The number of hydrogen-bond acceptors (Lipinski definition) is 4. The highest BCUT2D eigenvalue weighted by Gasteiger charge is 2.29. The Morgan fingerprint density at radius 3 is 2.66 bits per heavy atom. The zero-order valence-electron chi connectivity index (χ0n) is 17.4. The first-order valence-corrected chi connectivity index (χ1v) is 10.5. The molecule has 0 aliphatic carbocycles. The lowest BCUT2D eigenvalue weighted by Gasteiger charge is -2.40. The van der Waals surface area contributed by atoms with E-state index in [2.05, 4.69) is 67.3 Å². The molecular formula is C24H25N3OS. The lowest BCUT2D eigenvalue weighted by molar-refractivity contribution is -0.115. The number of amides is 1. The number of aryl methyl sites for hydroxylation is 1. The summed E-state index contributed by atoms with van der Waals surface area (Å²) in [6.45, 7) is 8.58. The van der Waals surface area contributed by atoms with Gasteiger partial charge in [0.1, 0.15) is 0 Å². The van der Waals surface area contributed by atoms with E-state index in [1.165, 1.54) is 28.6 Å². The SMILES string of the molecule is CC1=CC(C)(C)N(C)c2ccc(/C=C3/SC(=Nc4ccccc4C)NC3=O)cc21. The molecule has 2 aliphatic rings. The number of benzene rings is 2. The molecule has 5 heteroatoms. The number of carbonyl (C=O) groups excluding carboxylic acids is 1. The average molecular weight is 404 g/mol. The number of para-hydroxylation sites is 1. The normalized spacial score (nSPS) is 20.7. The van der Waals surface area contributed by atoms with Gasteiger partial charge in [0.15, 0.2) is 5.17 Å². The lowest BCUT2D eigenvalue weighted by atomic mass is 9.88. The summed E-state index contributed by atoms with van der Waals surface area (Å²) in [5.74, 6) is -0.106. The number of hydrogen-bond donors (Lipinski definition) is 1. The standard InChI is InChI=1S/C24H25N3OS/c1-15-8-6-7-9-19(15)25-23-26-22(28)21(29-23)13-17-10-11-20-18(12-17)16(2)14-24(3,4)27(20)5/h6-14H,1-5H3,(H,25,26,28)/b21-13+. The molecule has 29 heavy (non-hydrogen) atoms. The summed E-state index contributed by atoms with van der Waals surface area (Å²) in [5, 5.41) is 3.49. The number of aliphatic imine (C=N–C) groups is 1. The largest absolute Gasteiger partial charge is 0.366 e. The van der Waals surface area contributed by atoms with Gasteiger partial charge in [-0.05, 0) is 80.4 Å². The fourth-order valence-corrected chi connectivity index (χ4v) is 4.53. The molecule has 1 amide bonds. The molecule has 0 saturated carbocycles. The van der Waals surface area contributed by atoms with E-state index < -0.39 is 0 Å². The highest BCUT2D eigenvalue weighted by Crippen LogP contribution is 2.39. The third kappa shape index (κ3) is 3.75. The van der Waals surface area contributed by atoms with Crippen molar-refractivity contribution in [1.82, 2.24) is 5.32 Å². The number of nitrogens with one attached hydrogen (secondary N) is 1. The smallest absolute Gasteiger partial charge is 0.264 e. The van der Waals surface area contributed by atoms with Crippen molar-refractivity contribution in [3.05, 3.63) is 70.1 Å². The number of fused-ring (bicyclic) bond motifs is 1. The summed E-state index contributed by atoms with van der Waals surface area (Å²) in [5.41, 5.74) is 6.63. The van der Waals surface area contributed by atoms with Crippen LogP contribution in [0.3, 0.4) is 0 Å². The van der Waals surface area contributed by atoms with Gasteiger partial charge in [0.2, 0.25) is 0 Å². The summed E-state index contributed by atoms with van der Waals surface area (Å²) in [6, 6.07) is 14.3. The molecule has 1 saturated heterocycles. The number of allylic oxidation sites excluding steroid dienone is 1. The number of anilines is 1. The van der Waals surface area contributed by atoms with Crippen molar-refractivity contribution < 1.29 is 4.79 Å². The second kappa shape index (κ2) is 7.23. The van der Waals surface area contributed by atoms with Crippen LogP contribution in [-0.2, 0) is 4.79 Å². The average Bonchev–Trinajstić information content (AvgIpc) is 3.00.